The highest BCUT2D eigenvalue weighted by Gasteiger charge is 2.22. The maximum atomic E-state index is 5.91. The molecule has 1 aliphatic rings. The van der Waals surface area contributed by atoms with Gasteiger partial charge in [0, 0.05) is 11.6 Å². The summed E-state index contributed by atoms with van der Waals surface area (Å²) in [6, 6.07) is 7.79. The van der Waals surface area contributed by atoms with Crippen molar-refractivity contribution >= 4 is 5.69 Å². The molecule has 0 aliphatic heterocycles. The fraction of sp³-hybridized carbons (Fsp3) is 0.429. The van der Waals surface area contributed by atoms with Crippen molar-refractivity contribution in [3.63, 3.8) is 0 Å². The molecule has 1 aromatic carbocycles. The van der Waals surface area contributed by atoms with Crippen molar-refractivity contribution in [2.24, 2.45) is 0 Å². The van der Waals surface area contributed by atoms with E-state index in [1.165, 1.54) is 25.7 Å². The van der Waals surface area contributed by atoms with Crippen molar-refractivity contribution in [3.8, 4) is 0 Å². The summed E-state index contributed by atoms with van der Waals surface area (Å²) in [5, 5.41) is 8.29. The number of para-hydroxylation sites is 1. The largest absolute Gasteiger partial charge is 0.425 e. The molecule has 1 saturated carbocycles. The average molecular weight is 243 g/mol. The first-order valence-electron chi connectivity index (χ1n) is 6.48. The van der Waals surface area contributed by atoms with E-state index in [4.69, 9.17) is 10.2 Å². The molecule has 1 fully saturated rings. The predicted molar refractivity (Wildman–Crippen MR) is 69.2 cm³/mol. The van der Waals surface area contributed by atoms with E-state index in [0.29, 0.717) is 18.2 Å². The molecule has 0 bridgehead atoms. The van der Waals surface area contributed by atoms with Gasteiger partial charge >= 0.3 is 0 Å². The quantitative estimate of drug-likeness (QED) is 0.842. The first-order valence-corrected chi connectivity index (χ1v) is 6.48. The second-order valence-corrected chi connectivity index (χ2v) is 4.89. The normalized spacial score (nSPS) is 16.2. The molecule has 0 saturated heterocycles. The summed E-state index contributed by atoms with van der Waals surface area (Å²) in [5.41, 5.74) is 7.72. The number of benzene rings is 1. The highest BCUT2D eigenvalue weighted by Crippen LogP contribution is 2.33. The van der Waals surface area contributed by atoms with Crippen LogP contribution in [0.15, 0.2) is 28.7 Å². The van der Waals surface area contributed by atoms with Crippen LogP contribution in [0.2, 0.25) is 0 Å². The van der Waals surface area contributed by atoms with E-state index < -0.39 is 0 Å². The molecule has 4 nitrogen and oxygen atoms in total. The van der Waals surface area contributed by atoms with Gasteiger partial charge in [0.2, 0.25) is 11.8 Å². The lowest BCUT2D eigenvalue weighted by atomic mass is 10.1. The van der Waals surface area contributed by atoms with Crippen LogP contribution in [0.3, 0.4) is 0 Å². The summed E-state index contributed by atoms with van der Waals surface area (Å²) in [7, 11) is 0. The van der Waals surface area contributed by atoms with E-state index in [9.17, 15) is 0 Å². The minimum Gasteiger partial charge on any atom is -0.425 e. The maximum absolute atomic E-state index is 5.91. The number of hydrogen-bond donors (Lipinski definition) is 1. The van der Waals surface area contributed by atoms with E-state index in [1.54, 1.807) is 0 Å². The van der Waals surface area contributed by atoms with Crippen molar-refractivity contribution < 1.29 is 4.42 Å². The highest BCUT2D eigenvalue weighted by molar-refractivity contribution is 5.47. The van der Waals surface area contributed by atoms with Crippen LogP contribution in [0.4, 0.5) is 5.69 Å². The Morgan fingerprint density at radius 1 is 1.17 bits per heavy atom. The van der Waals surface area contributed by atoms with Gasteiger partial charge in [-0.3, -0.25) is 0 Å². The van der Waals surface area contributed by atoms with Gasteiger partial charge in [-0.1, -0.05) is 31.0 Å². The second-order valence-electron chi connectivity index (χ2n) is 4.89. The van der Waals surface area contributed by atoms with Crippen molar-refractivity contribution in [2.45, 2.75) is 38.0 Å². The molecule has 18 heavy (non-hydrogen) atoms. The number of hydrogen-bond acceptors (Lipinski definition) is 4. The first kappa shape index (κ1) is 11.3. The van der Waals surface area contributed by atoms with Gasteiger partial charge in [-0.15, -0.1) is 10.2 Å². The van der Waals surface area contributed by atoms with Gasteiger partial charge in [-0.05, 0) is 24.5 Å². The molecule has 0 amide bonds. The van der Waals surface area contributed by atoms with Crippen LogP contribution in [0.1, 0.15) is 48.9 Å². The Hall–Kier alpha value is -1.84. The number of nitrogens with zero attached hydrogens (tertiary/aromatic N) is 2. The van der Waals surface area contributed by atoms with Crippen LogP contribution in [0.5, 0.6) is 0 Å². The zero-order valence-corrected chi connectivity index (χ0v) is 10.3. The molecule has 1 aromatic heterocycles. The monoisotopic (exact) mass is 243 g/mol. The van der Waals surface area contributed by atoms with Gasteiger partial charge in [0.05, 0.1) is 6.42 Å². The minimum absolute atomic E-state index is 0.472. The van der Waals surface area contributed by atoms with E-state index in [-0.39, 0.29) is 0 Å². The third-order valence-electron chi connectivity index (χ3n) is 3.58. The van der Waals surface area contributed by atoms with Crippen molar-refractivity contribution in [3.05, 3.63) is 41.6 Å². The van der Waals surface area contributed by atoms with E-state index in [0.717, 1.165) is 17.1 Å². The van der Waals surface area contributed by atoms with Gasteiger partial charge in [0.1, 0.15) is 0 Å². The lowest BCUT2D eigenvalue weighted by Crippen LogP contribution is -1.95. The van der Waals surface area contributed by atoms with E-state index >= 15 is 0 Å². The topological polar surface area (TPSA) is 64.9 Å². The standard InChI is InChI=1S/C14H17N3O/c15-12-8-4-3-7-11(12)9-13-16-17-14(18-13)10-5-1-2-6-10/h3-4,7-8,10H,1-2,5-6,9,15H2. The lowest BCUT2D eigenvalue weighted by Gasteiger charge is -2.02. The number of aromatic nitrogens is 2. The van der Waals surface area contributed by atoms with E-state index in [1.807, 2.05) is 24.3 Å². The summed E-state index contributed by atoms with van der Waals surface area (Å²) < 4.78 is 5.75. The summed E-state index contributed by atoms with van der Waals surface area (Å²) >= 11 is 0. The van der Waals surface area contributed by atoms with Crippen LogP contribution in [-0.2, 0) is 6.42 Å². The van der Waals surface area contributed by atoms with Crippen LogP contribution in [0, 0.1) is 0 Å². The van der Waals surface area contributed by atoms with Crippen molar-refractivity contribution in [1.82, 2.24) is 10.2 Å². The third-order valence-corrected chi connectivity index (χ3v) is 3.58. The molecule has 94 valence electrons. The van der Waals surface area contributed by atoms with E-state index in [2.05, 4.69) is 10.2 Å². The Morgan fingerprint density at radius 2 is 1.94 bits per heavy atom. The van der Waals surface area contributed by atoms with Gasteiger partial charge in [0.15, 0.2) is 0 Å². The Kier molecular flexibility index (Phi) is 3.00. The van der Waals surface area contributed by atoms with Crippen LogP contribution in [0.25, 0.3) is 0 Å². The number of anilines is 1. The summed E-state index contributed by atoms with van der Waals surface area (Å²) in [6.45, 7) is 0. The molecule has 2 aromatic rings. The zero-order valence-electron chi connectivity index (χ0n) is 10.3. The molecule has 2 N–H and O–H groups in total. The molecule has 0 spiro atoms. The summed E-state index contributed by atoms with van der Waals surface area (Å²) in [6.07, 6.45) is 5.51. The van der Waals surface area contributed by atoms with Gasteiger partial charge in [-0.25, -0.2) is 0 Å². The molecular weight excluding hydrogens is 226 g/mol. The molecule has 1 aliphatic carbocycles. The molecule has 0 atom stereocenters. The number of nitrogen functional groups attached to an aromatic ring is 1. The van der Waals surface area contributed by atoms with Gasteiger partial charge < -0.3 is 10.2 Å². The van der Waals surface area contributed by atoms with Crippen LogP contribution >= 0.6 is 0 Å². The van der Waals surface area contributed by atoms with Crippen molar-refractivity contribution in [1.29, 1.82) is 0 Å². The average Bonchev–Trinajstić information content (AvgIpc) is 3.02. The SMILES string of the molecule is Nc1ccccc1Cc1nnc(C2CCCC2)o1. The Morgan fingerprint density at radius 3 is 2.72 bits per heavy atom. The van der Waals surface area contributed by atoms with Gasteiger partial charge in [-0.2, -0.15) is 0 Å². The van der Waals surface area contributed by atoms with Crippen molar-refractivity contribution in [2.75, 3.05) is 5.73 Å². The third kappa shape index (κ3) is 2.23. The minimum atomic E-state index is 0.472. The van der Waals surface area contributed by atoms with Crippen LogP contribution in [-0.4, -0.2) is 10.2 Å². The molecule has 3 rings (SSSR count). The number of rotatable bonds is 3. The molecule has 0 radical (unpaired) electrons. The fourth-order valence-electron chi connectivity index (χ4n) is 2.53. The molecule has 1 heterocycles. The smallest absolute Gasteiger partial charge is 0.221 e. The Balaban J connectivity index is 1.75. The fourth-order valence-corrected chi connectivity index (χ4v) is 2.53. The second kappa shape index (κ2) is 4.80. The zero-order chi connectivity index (χ0) is 12.4. The van der Waals surface area contributed by atoms with Gasteiger partial charge in [0.25, 0.3) is 0 Å². The van der Waals surface area contributed by atoms with Crippen LogP contribution < -0.4 is 5.73 Å². The summed E-state index contributed by atoms with van der Waals surface area (Å²) in [5.74, 6) is 1.94. The first-order chi connectivity index (χ1) is 8.83. The predicted octanol–water partition coefficient (Wildman–Crippen LogP) is 2.90. The number of nitrogens with two attached hydrogens (primary N) is 1. The lowest BCUT2D eigenvalue weighted by molar-refractivity contribution is 0.422. The maximum Gasteiger partial charge on any atom is 0.221 e. The molecule has 4 heteroatoms. The Labute approximate surface area is 106 Å². The molecule has 0 unspecified atom stereocenters. The highest BCUT2D eigenvalue weighted by atomic mass is 16.4. The molecular formula is C14H17N3O. The Bertz CT molecular complexity index is 529. The summed E-state index contributed by atoms with van der Waals surface area (Å²) in [4.78, 5) is 0.